The third-order valence-corrected chi connectivity index (χ3v) is 3.47. The number of carbonyl (C=O) groups excluding carboxylic acids is 1. The van der Waals surface area contributed by atoms with E-state index in [2.05, 4.69) is 10.4 Å². The zero-order valence-corrected chi connectivity index (χ0v) is 12.1. The molecule has 0 aliphatic carbocycles. The highest BCUT2D eigenvalue weighted by molar-refractivity contribution is 6.40. The molecule has 1 heterocycles. The molecule has 2 atom stereocenters. The summed E-state index contributed by atoms with van der Waals surface area (Å²) in [7, 11) is 0. The number of benzene rings is 1. The minimum atomic E-state index is -0.992. The van der Waals surface area contributed by atoms with Crippen LogP contribution in [0.5, 0.6) is 0 Å². The summed E-state index contributed by atoms with van der Waals surface area (Å²) in [6.45, 7) is 3.87. The van der Waals surface area contributed by atoms with Crippen molar-refractivity contribution in [2.75, 3.05) is 5.01 Å². The number of hydrogen-bond acceptors (Lipinski definition) is 4. The summed E-state index contributed by atoms with van der Waals surface area (Å²) in [6, 6.07) is 8.20. The predicted octanol–water partition coefficient (Wildman–Crippen LogP) is 1.62. The Morgan fingerprint density at radius 1 is 1.43 bits per heavy atom. The number of para-hydroxylation sites is 1. The number of hydrazone groups is 1. The van der Waals surface area contributed by atoms with Crippen LogP contribution in [0.2, 0.25) is 0 Å². The fraction of sp³-hybridized carbons (Fsp3) is 0.400. The Morgan fingerprint density at radius 3 is 2.67 bits per heavy atom. The monoisotopic (exact) mass is 289 g/mol. The standard InChI is InChI=1S/C15H19N3O3/c1-3-10(2)16-14(19)12-9-13(15(20)21)18(17-12)11-7-5-4-6-8-11/h4-8,10,13H,3,9H2,1-2H3,(H,16,19)(H,20,21). The van der Waals surface area contributed by atoms with Crippen LogP contribution in [0.1, 0.15) is 26.7 Å². The number of carbonyl (C=O) groups is 2. The van der Waals surface area contributed by atoms with Crippen LogP contribution in [-0.4, -0.2) is 34.8 Å². The molecule has 1 aromatic rings. The van der Waals surface area contributed by atoms with E-state index in [0.29, 0.717) is 5.69 Å². The molecule has 6 nitrogen and oxygen atoms in total. The van der Waals surface area contributed by atoms with Gasteiger partial charge >= 0.3 is 5.97 Å². The summed E-state index contributed by atoms with van der Waals surface area (Å²) in [5.41, 5.74) is 0.919. The lowest BCUT2D eigenvalue weighted by Crippen LogP contribution is -2.38. The summed E-state index contributed by atoms with van der Waals surface area (Å²) in [6.07, 6.45) is 0.913. The van der Waals surface area contributed by atoms with Crippen molar-refractivity contribution >= 4 is 23.3 Å². The molecule has 0 spiro atoms. The number of anilines is 1. The summed E-state index contributed by atoms with van der Waals surface area (Å²) < 4.78 is 0. The maximum Gasteiger partial charge on any atom is 0.328 e. The Balaban J connectivity index is 2.21. The van der Waals surface area contributed by atoms with Gasteiger partial charge in [0.05, 0.1) is 5.69 Å². The molecule has 1 amide bonds. The first-order valence-corrected chi connectivity index (χ1v) is 6.98. The van der Waals surface area contributed by atoms with Gasteiger partial charge in [-0.05, 0) is 25.5 Å². The molecule has 21 heavy (non-hydrogen) atoms. The van der Waals surface area contributed by atoms with Crippen molar-refractivity contribution in [1.29, 1.82) is 0 Å². The van der Waals surface area contributed by atoms with Crippen LogP contribution >= 0.6 is 0 Å². The van der Waals surface area contributed by atoms with Crippen LogP contribution in [0, 0.1) is 0 Å². The largest absolute Gasteiger partial charge is 0.480 e. The number of hydrogen-bond donors (Lipinski definition) is 2. The summed E-state index contributed by atoms with van der Waals surface area (Å²) in [4.78, 5) is 23.5. The molecule has 0 saturated carbocycles. The van der Waals surface area contributed by atoms with E-state index in [1.54, 1.807) is 24.3 Å². The van der Waals surface area contributed by atoms with Crippen molar-refractivity contribution in [2.45, 2.75) is 38.8 Å². The Bertz CT molecular complexity index is 557. The predicted molar refractivity (Wildman–Crippen MR) is 80.3 cm³/mol. The SMILES string of the molecule is CCC(C)NC(=O)C1=NN(c2ccccc2)C(C(=O)O)C1. The maximum atomic E-state index is 12.1. The van der Waals surface area contributed by atoms with Crippen molar-refractivity contribution in [3.05, 3.63) is 30.3 Å². The van der Waals surface area contributed by atoms with Crippen LogP contribution < -0.4 is 10.3 Å². The first kappa shape index (κ1) is 15.0. The van der Waals surface area contributed by atoms with Crippen molar-refractivity contribution < 1.29 is 14.7 Å². The van der Waals surface area contributed by atoms with Gasteiger partial charge in [0, 0.05) is 12.5 Å². The number of rotatable bonds is 5. The van der Waals surface area contributed by atoms with E-state index >= 15 is 0 Å². The second kappa shape index (κ2) is 6.39. The topological polar surface area (TPSA) is 82.0 Å². The number of nitrogens with zero attached hydrogens (tertiary/aromatic N) is 2. The van der Waals surface area contributed by atoms with E-state index in [4.69, 9.17) is 0 Å². The molecular formula is C15H19N3O3. The lowest BCUT2D eigenvalue weighted by Gasteiger charge is -2.19. The van der Waals surface area contributed by atoms with E-state index in [1.165, 1.54) is 5.01 Å². The van der Waals surface area contributed by atoms with Crippen molar-refractivity contribution in [1.82, 2.24) is 5.32 Å². The molecule has 1 aromatic carbocycles. The molecule has 0 aromatic heterocycles. The molecule has 2 rings (SSSR count). The van der Waals surface area contributed by atoms with Crippen LogP contribution in [0.3, 0.4) is 0 Å². The average Bonchev–Trinajstić information content (AvgIpc) is 2.93. The van der Waals surface area contributed by atoms with Crippen molar-refractivity contribution in [3.8, 4) is 0 Å². The Hall–Kier alpha value is -2.37. The zero-order chi connectivity index (χ0) is 15.4. The summed E-state index contributed by atoms with van der Waals surface area (Å²) >= 11 is 0. The highest BCUT2D eigenvalue weighted by Crippen LogP contribution is 2.24. The third-order valence-electron chi connectivity index (χ3n) is 3.47. The molecular weight excluding hydrogens is 270 g/mol. The highest BCUT2D eigenvalue weighted by Gasteiger charge is 2.36. The minimum absolute atomic E-state index is 0.0363. The minimum Gasteiger partial charge on any atom is -0.480 e. The quantitative estimate of drug-likeness (QED) is 0.863. The van der Waals surface area contributed by atoms with Crippen LogP contribution in [-0.2, 0) is 9.59 Å². The van der Waals surface area contributed by atoms with Gasteiger partial charge < -0.3 is 10.4 Å². The number of nitrogens with one attached hydrogen (secondary N) is 1. The lowest BCUT2D eigenvalue weighted by molar-refractivity contribution is -0.138. The Labute approximate surface area is 123 Å². The highest BCUT2D eigenvalue weighted by atomic mass is 16.4. The molecule has 1 aliphatic heterocycles. The molecule has 2 unspecified atom stereocenters. The van der Waals surface area contributed by atoms with Crippen LogP contribution in [0.25, 0.3) is 0 Å². The van der Waals surface area contributed by atoms with E-state index < -0.39 is 12.0 Å². The normalized spacial score (nSPS) is 19.0. The maximum absolute atomic E-state index is 12.1. The third kappa shape index (κ3) is 3.39. The van der Waals surface area contributed by atoms with Gasteiger partial charge in [-0.2, -0.15) is 5.10 Å². The molecule has 0 bridgehead atoms. The summed E-state index contributed by atoms with van der Waals surface area (Å²) in [5, 5.41) is 17.7. The molecule has 1 aliphatic rings. The van der Waals surface area contributed by atoms with Gasteiger partial charge in [-0.1, -0.05) is 25.1 Å². The second-order valence-electron chi connectivity index (χ2n) is 5.07. The van der Waals surface area contributed by atoms with Gasteiger partial charge in [0.15, 0.2) is 6.04 Å². The van der Waals surface area contributed by atoms with Gasteiger partial charge in [-0.25, -0.2) is 4.79 Å². The van der Waals surface area contributed by atoms with E-state index in [9.17, 15) is 14.7 Å². The smallest absolute Gasteiger partial charge is 0.328 e. The number of carboxylic acids is 1. The second-order valence-corrected chi connectivity index (χ2v) is 5.07. The zero-order valence-electron chi connectivity index (χ0n) is 12.1. The number of amides is 1. The lowest BCUT2D eigenvalue weighted by atomic mass is 10.1. The first-order valence-electron chi connectivity index (χ1n) is 6.98. The molecule has 6 heteroatoms. The van der Waals surface area contributed by atoms with E-state index in [0.717, 1.165) is 6.42 Å². The first-order chi connectivity index (χ1) is 10.0. The summed E-state index contributed by atoms with van der Waals surface area (Å²) in [5.74, 6) is -1.29. The Morgan fingerprint density at radius 2 is 2.10 bits per heavy atom. The Kier molecular flexibility index (Phi) is 4.57. The molecule has 0 saturated heterocycles. The van der Waals surface area contributed by atoms with Crippen LogP contribution in [0.4, 0.5) is 5.69 Å². The molecule has 0 fully saturated rings. The van der Waals surface area contributed by atoms with Crippen LogP contribution in [0.15, 0.2) is 35.4 Å². The fourth-order valence-electron chi connectivity index (χ4n) is 2.07. The van der Waals surface area contributed by atoms with Gasteiger partial charge in [0.1, 0.15) is 5.71 Å². The fourth-order valence-corrected chi connectivity index (χ4v) is 2.07. The molecule has 2 N–H and O–H groups in total. The molecule has 0 radical (unpaired) electrons. The number of carboxylic acid groups (broad SMARTS) is 1. The van der Waals surface area contributed by atoms with E-state index in [-0.39, 0.29) is 24.1 Å². The van der Waals surface area contributed by atoms with Crippen molar-refractivity contribution in [3.63, 3.8) is 0 Å². The average molecular weight is 289 g/mol. The van der Waals surface area contributed by atoms with Gasteiger partial charge in [0.2, 0.25) is 0 Å². The molecule has 112 valence electrons. The van der Waals surface area contributed by atoms with Gasteiger partial charge in [-0.15, -0.1) is 0 Å². The van der Waals surface area contributed by atoms with Gasteiger partial charge in [0.25, 0.3) is 5.91 Å². The van der Waals surface area contributed by atoms with E-state index in [1.807, 2.05) is 19.9 Å². The van der Waals surface area contributed by atoms with Gasteiger partial charge in [-0.3, -0.25) is 9.80 Å². The number of aliphatic carboxylic acids is 1. The van der Waals surface area contributed by atoms with Crippen molar-refractivity contribution in [2.24, 2.45) is 5.10 Å².